The number of aromatic nitrogens is 1. The second kappa shape index (κ2) is 20.6. The molecule has 0 aliphatic carbocycles. The minimum Gasteiger partial charge on any atom is -0.405 e. The van der Waals surface area contributed by atoms with Gasteiger partial charge in [0, 0.05) is 5.56 Å². The molecule has 6 aromatic carbocycles. The summed E-state index contributed by atoms with van der Waals surface area (Å²) in [5.74, 6) is 1.74. The zero-order valence-electron chi connectivity index (χ0n) is 37.0. The van der Waals surface area contributed by atoms with Crippen molar-refractivity contribution in [2.75, 3.05) is 0 Å². The Morgan fingerprint density at radius 3 is 0.842 bits per heavy atom. The lowest BCUT2D eigenvalue weighted by Crippen LogP contribution is -2.75. The molecule has 0 atom stereocenters. The van der Waals surface area contributed by atoms with Gasteiger partial charge in [-0.1, -0.05) is 108 Å². The molecule has 0 fully saturated rings. The van der Waals surface area contributed by atoms with Crippen LogP contribution >= 0.6 is 11.3 Å². The van der Waals surface area contributed by atoms with Gasteiger partial charge in [-0.25, -0.2) is 0 Å². The Hall–Kier alpha value is -6.87. The van der Waals surface area contributed by atoms with Crippen molar-refractivity contribution in [2.24, 2.45) is 0 Å². The van der Waals surface area contributed by atoms with E-state index in [1.165, 1.54) is 5.56 Å². The maximum Gasteiger partial charge on any atom is 0.416 e. The Morgan fingerprint density at radius 1 is 0.342 bits per heavy atom. The van der Waals surface area contributed by atoms with E-state index in [0.717, 1.165) is 18.2 Å². The third-order valence-corrected chi connectivity index (χ3v) is 12.0. The van der Waals surface area contributed by atoms with Gasteiger partial charge in [0.25, 0.3) is 0 Å². The highest BCUT2D eigenvalue weighted by molar-refractivity contribution is 7.20. The molecule has 7 rings (SSSR count). The van der Waals surface area contributed by atoms with Crippen LogP contribution in [-0.4, -0.2) is 6.15 Å². The monoisotopic (exact) mass is 1130 g/mol. The van der Waals surface area contributed by atoms with E-state index in [0.29, 0.717) is 0 Å². The summed E-state index contributed by atoms with van der Waals surface area (Å²) < 4.78 is 349. The maximum atomic E-state index is 14.2. The molecule has 0 saturated heterocycles. The third kappa shape index (κ3) is 13.6. The molecule has 0 N–H and O–H groups in total. The predicted octanol–water partition coefficient (Wildman–Crippen LogP) is 15.1. The number of para-hydroxylation sites is 1. The Morgan fingerprint density at radius 2 is 0.592 bits per heavy atom. The lowest BCUT2D eigenvalue weighted by atomic mass is 9.12. The molecule has 0 unspecified atom stereocenters. The molecule has 76 heavy (non-hydrogen) atoms. The molecule has 0 bridgehead atoms. The molecule has 0 aliphatic rings. The van der Waals surface area contributed by atoms with Crippen molar-refractivity contribution in [1.82, 2.24) is 0 Å². The number of nitrogens with zero attached hydrogens (tertiary/aromatic N) is 1. The van der Waals surface area contributed by atoms with Gasteiger partial charge in [0.2, 0.25) is 5.51 Å². The van der Waals surface area contributed by atoms with Crippen LogP contribution in [0.15, 0.2) is 144 Å². The van der Waals surface area contributed by atoms with Crippen molar-refractivity contribution in [1.29, 1.82) is 0 Å². The fourth-order valence-electron chi connectivity index (χ4n) is 7.94. The van der Waals surface area contributed by atoms with E-state index in [9.17, 15) is 105 Å². The number of rotatable bonds is 8. The summed E-state index contributed by atoms with van der Waals surface area (Å²) in [5, 5.41) is 2.02. The Labute approximate surface area is 415 Å². The van der Waals surface area contributed by atoms with Gasteiger partial charge in [-0.15, -0.1) is 0 Å². The summed E-state index contributed by atoms with van der Waals surface area (Å²) in [7, 11) is 0. The molecule has 28 heteroatoms. The summed E-state index contributed by atoms with van der Waals surface area (Å²) in [6.45, 7) is 0.826. The van der Waals surface area contributed by atoms with Gasteiger partial charge < -0.3 is 4.74 Å². The van der Waals surface area contributed by atoms with Crippen molar-refractivity contribution in [3.8, 4) is 11.6 Å². The first kappa shape index (κ1) is 58.4. The van der Waals surface area contributed by atoms with E-state index in [1.54, 1.807) is 11.3 Å². The minimum atomic E-state index is -6.13. The summed E-state index contributed by atoms with van der Waals surface area (Å²) >= 11 is 1.64. The molecule has 7 aromatic rings. The molecule has 1 aromatic heterocycles. The average molecular weight is 1130 g/mol. The van der Waals surface area contributed by atoms with Crippen molar-refractivity contribution in [3.63, 3.8) is 0 Å². The van der Waals surface area contributed by atoms with Crippen LogP contribution in [0.1, 0.15) is 50.1 Å². The standard InChI is InChI=1S/C32H12BF24.C16H14NOS/c34-25(35,36)13-1-14(26(37,38)39)6-21(5-13)33(22-7-15(27(40,41)42)2-16(8-22)28(43,44)45,23-9-17(29(46,47)48)3-18(10-23)30(49,50)51)24-11-19(31(52,53)54)4-20(12-24)32(55,56)57;1-3-7-14(8-4-1)11-17-13-19-12-16(17)18-15-9-5-2-6-10-15/h1-12H;1-10,12-13H,11H2/q-1;+1. The first-order valence-corrected chi connectivity index (χ1v) is 21.7. The number of benzene rings is 6. The largest absolute Gasteiger partial charge is 0.416 e. The molecule has 2 nitrogen and oxygen atoms in total. The first-order valence-electron chi connectivity index (χ1n) is 20.8. The maximum absolute atomic E-state index is 14.2. The van der Waals surface area contributed by atoms with E-state index in [1.807, 2.05) is 41.8 Å². The number of hydrogen-bond donors (Lipinski definition) is 0. The molecule has 0 saturated carbocycles. The smallest absolute Gasteiger partial charge is 0.405 e. The van der Waals surface area contributed by atoms with Crippen molar-refractivity contribution >= 4 is 39.3 Å². The molecule has 0 radical (unpaired) electrons. The molecular formula is C48H26BF24NOS. The number of halogens is 24. The summed E-state index contributed by atoms with van der Waals surface area (Å²) in [6, 6.07) is 11.4. The van der Waals surface area contributed by atoms with Crippen LogP contribution in [0.25, 0.3) is 0 Å². The Balaban J connectivity index is 0.000000408. The van der Waals surface area contributed by atoms with E-state index in [4.69, 9.17) is 4.74 Å². The van der Waals surface area contributed by atoms with Crippen LogP contribution in [0.4, 0.5) is 105 Å². The van der Waals surface area contributed by atoms with Crippen LogP contribution in [0.3, 0.4) is 0 Å². The van der Waals surface area contributed by atoms with Gasteiger partial charge in [0.15, 0.2) is 6.54 Å². The lowest BCUT2D eigenvalue weighted by molar-refractivity contribution is -0.687. The molecule has 0 amide bonds. The van der Waals surface area contributed by atoms with Crippen molar-refractivity contribution in [3.05, 3.63) is 194 Å². The van der Waals surface area contributed by atoms with Gasteiger partial charge in [0.1, 0.15) is 17.3 Å². The fourth-order valence-corrected chi connectivity index (χ4v) is 8.63. The average Bonchev–Trinajstić information content (AvgIpc) is 3.73. The number of ether oxygens (including phenoxy) is 1. The summed E-state index contributed by atoms with van der Waals surface area (Å²) in [6.07, 6.45) is -54.8. The molecule has 406 valence electrons. The third-order valence-electron chi connectivity index (χ3n) is 11.2. The summed E-state index contributed by atoms with van der Waals surface area (Å²) in [4.78, 5) is 0. The van der Waals surface area contributed by atoms with Crippen LogP contribution in [-0.2, 0) is 56.0 Å². The number of alkyl halides is 24. The highest BCUT2D eigenvalue weighted by atomic mass is 32.1. The van der Waals surface area contributed by atoms with Crippen LogP contribution in [0, 0.1) is 0 Å². The fraction of sp³-hybridized carbons (Fsp3) is 0.188. The normalized spacial score (nSPS) is 13.3. The predicted molar refractivity (Wildman–Crippen MR) is 227 cm³/mol. The first-order chi connectivity index (χ1) is 34.7. The zero-order chi connectivity index (χ0) is 56.8. The lowest BCUT2D eigenvalue weighted by Gasteiger charge is -2.46. The molecule has 0 aliphatic heterocycles. The van der Waals surface area contributed by atoms with Crippen molar-refractivity contribution in [2.45, 2.75) is 56.0 Å². The second-order valence-electron chi connectivity index (χ2n) is 16.4. The van der Waals surface area contributed by atoms with Crippen molar-refractivity contribution < 1.29 is 115 Å². The van der Waals surface area contributed by atoms with Crippen LogP contribution in [0.2, 0.25) is 0 Å². The molecular weight excluding hydrogens is 1110 g/mol. The number of hydrogen-bond acceptors (Lipinski definition) is 2. The van der Waals surface area contributed by atoms with Crippen LogP contribution in [0.5, 0.6) is 11.6 Å². The van der Waals surface area contributed by atoms with Gasteiger partial charge in [-0.3, -0.25) is 0 Å². The molecule has 0 spiro atoms. The van der Waals surface area contributed by atoms with Gasteiger partial charge >= 0.3 is 55.3 Å². The highest BCUT2D eigenvalue weighted by Gasteiger charge is 2.47. The second-order valence-corrected chi connectivity index (χ2v) is 17.2. The van der Waals surface area contributed by atoms with E-state index < -0.39 is 195 Å². The SMILES string of the molecule is FC(F)(F)c1cc([B-](c2cc(C(F)(F)F)cc(C(F)(F)F)c2)(c2cc(C(F)(F)F)cc(C(F)(F)F)c2)c2cc(C(F)(F)F)cc(C(F)(F)F)c2)cc(C(F)(F)F)c1.c1ccc(C[n+]2cscc2Oc2ccccc2)cc1. The Bertz CT molecular complexity index is 2650. The van der Waals surface area contributed by atoms with Crippen LogP contribution < -0.4 is 31.2 Å². The highest BCUT2D eigenvalue weighted by Crippen LogP contribution is 2.41. The topological polar surface area (TPSA) is 13.1 Å². The Kier molecular flexibility index (Phi) is 15.8. The van der Waals surface area contributed by atoms with E-state index >= 15 is 0 Å². The van der Waals surface area contributed by atoms with Gasteiger partial charge in [-0.2, -0.15) is 132 Å². The quantitative estimate of drug-likeness (QED) is 0.0840. The molecule has 1 heterocycles. The van der Waals surface area contributed by atoms with E-state index in [2.05, 4.69) is 34.3 Å². The number of thiazole rings is 1. The van der Waals surface area contributed by atoms with Gasteiger partial charge in [-0.05, 0) is 36.4 Å². The van der Waals surface area contributed by atoms with Gasteiger partial charge in [0.05, 0.1) is 44.5 Å². The zero-order valence-corrected chi connectivity index (χ0v) is 37.8. The van der Waals surface area contributed by atoms with E-state index in [-0.39, 0.29) is 0 Å². The summed E-state index contributed by atoms with van der Waals surface area (Å²) in [5.41, 5.74) is -26.9. The minimum absolute atomic E-state index is 0.691.